The summed E-state index contributed by atoms with van der Waals surface area (Å²) in [5.41, 5.74) is 3.99. The van der Waals surface area contributed by atoms with Crippen LogP contribution in [0.15, 0.2) is 76.1 Å². The first kappa shape index (κ1) is 49.0. The number of imide groups is 2. The number of halogens is 3. The minimum Gasteiger partial charge on any atom is -0.487 e. The molecule has 0 bridgehead atoms. The average Bonchev–Trinajstić information content (AvgIpc) is 3.87. The van der Waals surface area contributed by atoms with Crippen molar-refractivity contribution in [3.8, 4) is 11.4 Å². The van der Waals surface area contributed by atoms with Crippen molar-refractivity contribution in [2.45, 2.75) is 104 Å². The van der Waals surface area contributed by atoms with Crippen LogP contribution in [-0.2, 0) is 40.4 Å². The summed E-state index contributed by atoms with van der Waals surface area (Å²) in [6.07, 6.45) is 7.83. The molecule has 1 fully saturated rings. The van der Waals surface area contributed by atoms with Crippen LogP contribution in [0.1, 0.15) is 117 Å². The van der Waals surface area contributed by atoms with E-state index in [4.69, 9.17) is 4.74 Å². The number of fused-ring (bicyclic) bond motifs is 1. The number of rotatable bonds is 21. The molecule has 0 saturated carbocycles. The van der Waals surface area contributed by atoms with E-state index in [1.54, 1.807) is 48.0 Å². The molecule has 2 aliphatic heterocycles. The Kier molecular flexibility index (Phi) is 16.1. The van der Waals surface area contributed by atoms with Crippen molar-refractivity contribution in [3.63, 3.8) is 0 Å². The molecular weight excluding hydrogens is 946 g/mol. The lowest BCUT2D eigenvalue weighted by Crippen LogP contribution is -2.54. The summed E-state index contributed by atoms with van der Waals surface area (Å²) >= 11 is 3.32. The second kappa shape index (κ2) is 22.3. The molecule has 4 heterocycles. The van der Waals surface area contributed by atoms with E-state index in [2.05, 4.69) is 42.2 Å². The molecule has 356 valence electrons. The van der Waals surface area contributed by atoms with E-state index >= 15 is 0 Å². The molecule has 5 aromatic rings. The van der Waals surface area contributed by atoms with E-state index in [1.165, 1.54) is 10.6 Å². The molecule has 0 spiro atoms. The van der Waals surface area contributed by atoms with E-state index in [1.807, 2.05) is 19.2 Å². The molecule has 16 nitrogen and oxygen atoms in total. The Balaban J connectivity index is 0.773. The number of piperidine rings is 1. The van der Waals surface area contributed by atoms with Gasteiger partial charge in [0.1, 0.15) is 34.5 Å². The maximum Gasteiger partial charge on any atom is 0.273 e. The van der Waals surface area contributed by atoms with Crippen LogP contribution in [0.25, 0.3) is 5.69 Å². The first-order valence-electron chi connectivity index (χ1n) is 22.6. The zero-order valence-electron chi connectivity index (χ0n) is 37.7. The number of amides is 6. The molecule has 7 rings (SSSR count). The standard InChI is InChI=1S/C49H51BrF2N8O8/c1-29-15-16-32(25-39(29)59-30(2)24-40(44(50)49(59)67)68-28-33-17-18-34(51)26-37(33)52)45(63)54-22-7-5-12-35-27-58(57-56-35)23-9-14-41(61)53-21-6-3-4-10-31-11-8-13-36-43(31)48(66)60(47(36)65)38-19-20-42(62)55-46(38)64/h8,11,13,15-18,24-27,38H,3-7,9-10,12,14,19-23,28H2,1-2H3,(H,53,61)(H,54,63)(H,55,62,64). The Hall–Kier alpha value is -6.89. The van der Waals surface area contributed by atoms with Gasteiger partial charge in [-0.15, -0.1) is 5.10 Å². The van der Waals surface area contributed by atoms with Gasteiger partial charge in [-0.1, -0.05) is 29.8 Å². The highest BCUT2D eigenvalue weighted by Gasteiger charge is 2.45. The summed E-state index contributed by atoms with van der Waals surface area (Å²) in [6.45, 7) is 4.79. The molecule has 1 unspecified atom stereocenters. The minimum atomic E-state index is -1.01. The zero-order chi connectivity index (χ0) is 48.5. The summed E-state index contributed by atoms with van der Waals surface area (Å²) in [7, 11) is 0. The predicted octanol–water partition coefficient (Wildman–Crippen LogP) is 6.13. The molecule has 3 N–H and O–H groups in total. The lowest BCUT2D eigenvalue weighted by molar-refractivity contribution is -0.136. The molecule has 68 heavy (non-hydrogen) atoms. The van der Waals surface area contributed by atoms with E-state index in [-0.39, 0.29) is 52.6 Å². The van der Waals surface area contributed by atoms with Crippen LogP contribution in [0.3, 0.4) is 0 Å². The average molecular weight is 998 g/mol. The number of carbonyl (C=O) groups excluding carboxylic acids is 6. The van der Waals surface area contributed by atoms with Gasteiger partial charge < -0.3 is 15.4 Å². The second-order valence-corrected chi connectivity index (χ2v) is 17.7. The minimum absolute atomic E-state index is 0.0603. The maximum atomic E-state index is 14.2. The van der Waals surface area contributed by atoms with E-state index in [0.29, 0.717) is 74.2 Å². The largest absolute Gasteiger partial charge is 0.487 e. The summed E-state index contributed by atoms with van der Waals surface area (Å²) in [5, 5.41) is 16.5. The lowest BCUT2D eigenvalue weighted by atomic mass is 9.98. The summed E-state index contributed by atoms with van der Waals surface area (Å²) in [4.78, 5) is 90.6. The van der Waals surface area contributed by atoms with Crippen molar-refractivity contribution >= 4 is 51.4 Å². The van der Waals surface area contributed by atoms with E-state index in [9.17, 15) is 42.3 Å². The first-order valence-corrected chi connectivity index (χ1v) is 23.4. The number of hydrogen-bond donors (Lipinski definition) is 3. The normalized spacial score (nSPS) is 14.5. The Morgan fingerprint density at radius 2 is 1.65 bits per heavy atom. The second-order valence-electron chi connectivity index (χ2n) is 16.9. The lowest BCUT2D eigenvalue weighted by Gasteiger charge is -2.27. The van der Waals surface area contributed by atoms with Crippen molar-refractivity contribution < 1.29 is 42.3 Å². The molecule has 2 aliphatic rings. The van der Waals surface area contributed by atoms with Gasteiger partial charge in [0.05, 0.1) is 22.5 Å². The Labute approximate surface area is 398 Å². The highest BCUT2D eigenvalue weighted by Crippen LogP contribution is 2.31. The molecule has 1 saturated heterocycles. The summed E-state index contributed by atoms with van der Waals surface area (Å²) in [6, 6.07) is 14.0. The number of ether oxygens (including phenoxy) is 1. The molecule has 0 radical (unpaired) electrons. The SMILES string of the molecule is Cc1ccc(C(=O)NCCCCc2cn(CCCC(=O)NCCCCCc3cccc4c3C(=O)N(C3CCC(=O)NC3=O)C4=O)nn2)cc1-n1c(C)cc(OCc2ccc(F)cc2F)c(Br)c1=O. The fourth-order valence-electron chi connectivity index (χ4n) is 8.30. The summed E-state index contributed by atoms with van der Waals surface area (Å²) < 4.78 is 36.5. The third kappa shape index (κ3) is 11.6. The van der Waals surface area contributed by atoms with Gasteiger partial charge in [-0.2, -0.15) is 0 Å². The van der Waals surface area contributed by atoms with Gasteiger partial charge in [-0.05, 0) is 123 Å². The van der Waals surface area contributed by atoms with Gasteiger partial charge in [-0.3, -0.25) is 53.0 Å². The number of carbonyl (C=O) groups is 6. The maximum absolute atomic E-state index is 14.2. The molecule has 0 aliphatic carbocycles. The van der Waals surface area contributed by atoms with Crippen LogP contribution in [0.5, 0.6) is 5.75 Å². The third-order valence-electron chi connectivity index (χ3n) is 11.9. The molecular formula is C49H51BrF2N8O8. The Morgan fingerprint density at radius 1 is 0.868 bits per heavy atom. The van der Waals surface area contributed by atoms with Gasteiger partial charge in [-0.25, -0.2) is 8.78 Å². The molecule has 1 atom stereocenters. The molecule has 19 heteroatoms. The molecule has 3 aromatic carbocycles. The van der Waals surface area contributed by atoms with Gasteiger partial charge in [0.25, 0.3) is 23.3 Å². The fraction of sp³-hybridized carbons (Fsp3) is 0.367. The van der Waals surface area contributed by atoms with Crippen molar-refractivity contribution in [2.75, 3.05) is 13.1 Å². The number of benzene rings is 3. The van der Waals surface area contributed by atoms with Crippen LogP contribution in [0.2, 0.25) is 0 Å². The van der Waals surface area contributed by atoms with Crippen molar-refractivity contribution in [3.05, 3.63) is 138 Å². The van der Waals surface area contributed by atoms with Crippen molar-refractivity contribution in [2.24, 2.45) is 0 Å². The third-order valence-corrected chi connectivity index (χ3v) is 12.7. The smallest absolute Gasteiger partial charge is 0.273 e. The van der Waals surface area contributed by atoms with Crippen LogP contribution in [0, 0.1) is 25.5 Å². The summed E-state index contributed by atoms with van der Waals surface area (Å²) in [5.74, 6) is -3.72. The van der Waals surface area contributed by atoms with Gasteiger partial charge in [0.15, 0.2) is 0 Å². The van der Waals surface area contributed by atoms with Gasteiger partial charge in [0, 0.05) is 67.6 Å². The van der Waals surface area contributed by atoms with Crippen LogP contribution < -0.4 is 26.2 Å². The van der Waals surface area contributed by atoms with Crippen molar-refractivity contribution in [1.29, 1.82) is 0 Å². The number of pyridine rings is 1. The Morgan fingerprint density at radius 3 is 2.44 bits per heavy atom. The van der Waals surface area contributed by atoms with Crippen LogP contribution in [-0.4, -0.2) is 79.0 Å². The predicted molar refractivity (Wildman–Crippen MR) is 248 cm³/mol. The molecule has 6 amide bonds. The van der Waals surface area contributed by atoms with Crippen LogP contribution in [0.4, 0.5) is 8.78 Å². The number of unbranched alkanes of at least 4 members (excludes halogenated alkanes) is 3. The highest BCUT2D eigenvalue weighted by atomic mass is 79.9. The number of hydrogen-bond acceptors (Lipinski definition) is 10. The number of aromatic nitrogens is 4. The monoisotopic (exact) mass is 996 g/mol. The van der Waals surface area contributed by atoms with E-state index < -0.39 is 46.9 Å². The fourth-order valence-corrected chi connectivity index (χ4v) is 8.70. The Bertz CT molecular complexity index is 2830. The quantitative estimate of drug-likeness (QED) is 0.0567. The van der Waals surface area contributed by atoms with Gasteiger partial charge in [0.2, 0.25) is 17.7 Å². The highest BCUT2D eigenvalue weighted by molar-refractivity contribution is 9.10. The van der Waals surface area contributed by atoms with Gasteiger partial charge >= 0.3 is 0 Å². The zero-order valence-corrected chi connectivity index (χ0v) is 39.3. The number of nitrogens with zero attached hydrogens (tertiary/aromatic N) is 5. The number of aryl methyl sites for hydroxylation is 5. The number of nitrogens with one attached hydrogen (secondary N) is 3. The topological polar surface area (TPSA) is 204 Å². The van der Waals surface area contributed by atoms with Crippen molar-refractivity contribution in [1.82, 2.24) is 40.4 Å². The first-order chi connectivity index (χ1) is 32.7. The molecule has 2 aromatic heterocycles. The van der Waals surface area contributed by atoms with E-state index in [0.717, 1.165) is 59.5 Å². The van der Waals surface area contributed by atoms with Crippen LogP contribution >= 0.6 is 15.9 Å².